The van der Waals surface area contributed by atoms with Crippen molar-refractivity contribution in [3.63, 3.8) is 0 Å². The third-order valence-electron chi connectivity index (χ3n) is 7.33. The molecule has 1 saturated carbocycles. The highest BCUT2D eigenvalue weighted by atomic mass is 19.1. The molecule has 1 saturated heterocycles. The van der Waals surface area contributed by atoms with E-state index >= 15 is 0 Å². The summed E-state index contributed by atoms with van der Waals surface area (Å²) in [5, 5.41) is 14.3. The normalized spacial score (nSPS) is 18.3. The van der Waals surface area contributed by atoms with Gasteiger partial charge in [-0.2, -0.15) is 9.61 Å². The fourth-order valence-electron chi connectivity index (χ4n) is 5.28. The van der Waals surface area contributed by atoms with Crippen LogP contribution < -0.4 is 5.56 Å². The maximum absolute atomic E-state index is 13.6. The minimum atomic E-state index is -0.461. The van der Waals surface area contributed by atoms with Gasteiger partial charge in [0.1, 0.15) is 5.56 Å². The first kappa shape index (κ1) is 22.8. The van der Waals surface area contributed by atoms with Crippen molar-refractivity contribution in [2.24, 2.45) is 5.92 Å². The SMILES string of the molecule is CC(CO)c1nn2c(=O)ccn(-c3cccc(C4CCCCC4)c3)c2c1C(=O)N1CC(CF)C1. The number of nitrogens with zero attached hydrogens (tertiary/aromatic N) is 4. The average Bonchev–Trinajstić information content (AvgIpc) is 3.25. The molecule has 1 atom stereocenters. The highest BCUT2D eigenvalue weighted by Gasteiger charge is 2.36. The third kappa shape index (κ3) is 3.94. The number of hydrogen-bond acceptors (Lipinski definition) is 4. The number of carbonyl (C=O) groups excluding carboxylic acids is 1. The van der Waals surface area contributed by atoms with Crippen molar-refractivity contribution >= 4 is 11.6 Å². The van der Waals surface area contributed by atoms with Gasteiger partial charge in [0.2, 0.25) is 0 Å². The molecule has 3 aromatic rings. The Bertz CT molecular complexity index is 1250. The van der Waals surface area contributed by atoms with Gasteiger partial charge >= 0.3 is 0 Å². The number of aliphatic hydroxyl groups excluding tert-OH is 1. The molecule has 0 bridgehead atoms. The molecule has 2 aromatic heterocycles. The maximum atomic E-state index is 13.6. The minimum Gasteiger partial charge on any atom is -0.396 e. The molecule has 1 aliphatic heterocycles. The summed E-state index contributed by atoms with van der Waals surface area (Å²) in [4.78, 5) is 27.9. The number of hydrogen-bond donors (Lipinski definition) is 1. The lowest BCUT2D eigenvalue weighted by Gasteiger charge is -2.37. The van der Waals surface area contributed by atoms with Crippen LogP contribution in [0.3, 0.4) is 0 Å². The molecule has 1 aromatic carbocycles. The van der Waals surface area contributed by atoms with Gasteiger partial charge in [0.15, 0.2) is 5.65 Å². The predicted molar refractivity (Wildman–Crippen MR) is 127 cm³/mol. The molecule has 3 heterocycles. The van der Waals surface area contributed by atoms with E-state index in [1.165, 1.54) is 48.2 Å². The number of amides is 1. The Morgan fingerprint density at radius 2 is 1.97 bits per heavy atom. The predicted octanol–water partition coefficient (Wildman–Crippen LogP) is 3.67. The Labute approximate surface area is 197 Å². The molecule has 1 unspecified atom stereocenters. The van der Waals surface area contributed by atoms with Crippen LogP contribution in [0.25, 0.3) is 11.3 Å². The average molecular weight is 467 g/mol. The molecule has 0 spiro atoms. The molecule has 7 nitrogen and oxygen atoms in total. The first-order valence-electron chi connectivity index (χ1n) is 12.2. The van der Waals surface area contributed by atoms with Gasteiger partial charge in [-0.1, -0.05) is 38.3 Å². The number of aromatic nitrogens is 3. The number of carbonyl (C=O) groups is 1. The fourth-order valence-corrected chi connectivity index (χ4v) is 5.28. The van der Waals surface area contributed by atoms with Crippen molar-refractivity contribution in [2.75, 3.05) is 26.4 Å². The molecule has 1 aliphatic carbocycles. The van der Waals surface area contributed by atoms with E-state index in [0.29, 0.717) is 35.9 Å². The van der Waals surface area contributed by atoms with E-state index in [0.717, 1.165) is 5.69 Å². The zero-order valence-corrected chi connectivity index (χ0v) is 19.5. The van der Waals surface area contributed by atoms with Gasteiger partial charge in [0.05, 0.1) is 19.0 Å². The van der Waals surface area contributed by atoms with E-state index in [9.17, 15) is 19.1 Å². The first-order chi connectivity index (χ1) is 16.5. The molecule has 1 N–H and O–H groups in total. The van der Waals surface area contributed by atoms with Crippen LogP contribution in [0.4, 0.5) is 4.39 Å². The monoisotopic (exact) mass is 466 g/mol. The van der Waals surface area contributed by atoms with E-state index in [4.69, 9.17) is 0 Å². The van der Waals surface area contributed by atoms with E-state index in [1.807, 2.05) is 16.7 Å². The Hall–Kier alpha value is -3.00. The lowest BCUT2D eigenvalue weighted by Crippen LogP contribution is -2.51. The summed E-state index contributed by atoms with van der Waals surface area (Å²) in [5.41, 5.74) is 2.85. The summed E-state index contributed by atoms with van der Waals surface area (Å²) in [6.45, 7) is 1.79. The van der Waals surface area contributed by atoms with Gasteiger partial charge in [-0.15, -0.1) is 0 Å². The Kier molecular flexibility index (Phi) is 6.25. The maximum Gasteiger partial charge on any atom is 0.274 e. The number of benzene rings is 1. The smallest absolute Gasteiger partial charge is 0.274 e. The van der Waals surface area contributed by atoms with Gasteiger partial charge in [0.25, 0.3) is 11.5 Å². The highest BCUT2D eigenvalue weighted by molar-refractivity contribution is 6.02. The number of fused-ring (bicyclic) bond motifs is 1. The van der Waals surface area contributed by atoms with Crippen molar-refractivity contribution in [3.05, 3.63) is 63.7 Å². The topological polar surface area (TPSA) is 79.8 Å². The van der Waals surface area contributed by atoms with Crippen molar-refractivity contribution in [1.82, 2.24) is 19.1 Å². The molecule has 1 amide bonds. The van der Waals surface area contributed by atoms with Crippen molar-refractivity contribution in [1.29, 1.82) is 0 Å². The van der Waals surface area contributed by atoms with Crippen molar-refractivity contribution < 1.29 is 14.3 Å². The van der Waals surface area contributed by atoms with E-state index in [-0.39, 0.29) is 24.0 Å². The zero-order chi connectivity index (χ0) is 23.8. The largest absolute Gasteiger partial charge is 0.396 e. The molecular weight excluding hydrogens is 435 g/mol. The van der Waals surface area contributed by atoms with Crippen LogP contribution in [0.2, 0.25) is 0 Å². The lowest BCUT2D eigenvalue weighted by molar-refractivity contribution is 0.0452. The lowest BCUT2D eigenvalue weighted by atomic mass is 9.84. The quantitative estimate of drug-likeness (QED) is 0.601. The van der Waals surface area contributed by atoms with Gasteiger partial charge < -0.3 is 14.6 Å². The number of alkyl halides is 1. The molecule has 0 radical (unpaired) electrons. The van der Waals surface area contributed by atoms with Crippen LogP contribution in [0.1, 0.15) is 72.5 Å². The second-order valence-electron chi connectivity index (χ2n) is 9.76. The Balaban J connectivity index is 1.66. The number of rotatable bonds is 6. The standard InChI is InChI=1S/C26H31FN4O3/c1-17(16-32)24-23(26(34)29-14-18(13-27)15-29)25-30(11-10-22(33)31(25)28-24)21-9-5-8-20(12-21)19-6-3-2-4-7-19/h5,8-12,17-19,32H,2-4,6-7,13-16H2,1H3. The third-order valence-corrected chi connectivity index (χ3v) is 7.33. The number of halogens is 1. The van der Waals surface area contributed by atoms with E-state index in [2.05, 4.69) is 17.2 Å². The van der Waals surface area contributed by atoms with Crippen LogP contribution in [0.15, 0.2) is 41.3 Å². The van der Waals surface area contributed by atoms with Crippen LogP contribution >= 0.6 is 0 Å². The molecular formula is C26H31FN4O3. The summed E-state index contributed by atoms with van der Waals surface area (Å²) in [6, 6.07) is 9.72. The van der Waals surface area contributed by atoms with Gasteiger partial charge in [-0.25, -0.2) is 0 Å². The summed E-state index contributed by atoms with van der Waals surface area (Å²) in [6.07, 6.45) is 7.77. The molecule has 8 heteroatoms. The minimum absolute atomic E-state index is 0.154. The second-order valence-corrected chi connectivity index (χ2v) is 9.76. The Morgan fingerprint density at radius 3 is 2.68 bits per heavy atom. The first-order valence-corrected chi connectivity index (χ1v) is 12.2. The second kappa shape index (κ2) is 9.33. The molecule has 2 fully saturated rings. The van der Waals surface area contributed by atoms with Gasteiger partial charge in [0, 0.05) is 42.9 Å². The summed E-state index contributed by atoms with van der Waals surface area (Å²) in [5.74, 6) is -0.353. The number of likely N-dealkylation sites (tertiary alicyclic amines) is 1. The van der Waals surface area contributed by atoms with Gasteiger partial charge in [-0.05, 0) is 36.5 Å². The van der Waals surface area contributed by atoms with Crippen molar-refractivity contribution in [2.45, 2.75) is 50.9 Å². The van der Waals surface area contributed by atoms with Gasteiger partial charge in [-0.3, -0.25) is 14.0 Å². The molecule has 5 rings (SSSR count). The highest BCUT2D eigenvalue weighted by Crippen LogP contribution is 2.34. The van der Waals surface area contributed by atoms with E-state index in [1.54, 1.807) is 18.0 Å². The molecule has 34 heavy (non-hydrogen) atoms. The van der Waals surface area contributed by atoms with Crippen LogP contribution in [0.5, 0.6) is 0 Å². The summed E-state index contributed by atoms with van der Waals surface area (Å²) in [7, 11) is 0. The number of aliphatic hydroxyl groups is 1. The van der Waals surface area contributed by atoms with Crippen molar-refractivity contribution in [3.8, 4) is 5.69 Å². The van der Waals surface area contributed by atoms with Crippen LogP contribution in [-0.2, 0) is 0 Å². The summed E-state index contributed by atoms with van der Waals surface area (Å²) >= 11 is 0. The van der Waals surface area contributed by atoms with Crippen LogP contribution in [0, 0.1) is 5.92 Å². The fraction of sp³-hybridized carbons (Fsp3) is 0.500. The Morgan fingerprint density at radius 1 is 1.21 bits per heavy atom. The van der Waals surface area contributed by atoms with E-state index < -0.39 is 12.6 Å². The molecule has 180 valence electrons. The zero-order valence-electron chi connectivity index (χ0n) is 19.5. The van der Waals surface area contributed by atoms with Crippen LogP contribution in [-0.4, -0.2) is 56.5 Å². The summed E-state index contributed by atoms with van der Waals surface area (Å²) < 4.78 is 16.1. The molecule has 2 aliphatic rings.